The molecule has 2 aromatic heterocycles. The molecular formula is C18H31IN6. The molecule has 0 aromatic carbocycles. The van der Waals surface area contributed by atoms with Gasteiger partial charge in [0.15, 0.2) is 5.96 Å². The summed E-state index contributed by atoms with van der Waals surface area (Å²) in [6.45, 7) is 8.74. The third-order valence-corrected chi connectivity index (χ3v) is 4.43. The molecule has 0 amide bonds. The predicted octanol–water partition coefficient (Wildman–Crippen LogP) is 2.63. The van der Waals surface area contributed by atoms with Gasteiger partial charge >= 0.3 is 0 Å². The second kappa shape index (κ2) is 9.84. The number of aromatic nitrogens is 3. The Hall–Kier alpha value is -1.51. The molecule has 6 nitrogen and oxygen atoms in total. The Labute approximate surface area is 168 Å². The summed E-state index contributed by atoms with van der Waals surface area (Å²) in [5.74, 6) is 0.942. The normalized spacial score (nSPS) is 11.4. The first-order valence-corrected chi connectivity index (χ1v) is 8.52. The van der Waals surface area contributed by atoms with Gasteiger partial charge in [-0.1, -0.05) is 0 Å². The number of rotatable bonds is 6. The second-order valence-electron chi connectivity index (χ2n) is 6.23. The molecule has 0 unspecified atom stereocenters. The zero-order chi connectivity index (χ0) is 17.7. The molecule has 0 saturated carbocycles. The Bertz CT molecular complexity index is 700. The molecule has 0 aliphatic rings. The van der Waals surface area contributed by atoms with E-state index in [1.165, 1.54) is 17.0 Å². The van der Waals surface area contributed by atoms with Crippen LogP contribution in [0.25, 0.3) is 0 Å². The molecule has 0 saturated heterocycles. The quantitative estimate of drug-likeness (QED) is 0.412. The number of guanidine groups is 1. The van der Waals surface area contributed by atoms with Crippen molar-refractivity contribution in [1.82, 2.24) is 24.6 Å². The molecule has 2 aromatic rings. The first-order valence-electron chi connectivity index (χ1n) is 8.52. The molecule has 0 radical (unpaired) electrons. The number of halogens is 1. The number of aryl methyl sites for hydroxylation is 3. The molecule has 0 bridgehead atoms. The summed E-state index contributed by atoms with van der Waals surface area (Å²) in [5, 5.41) is 7.86. The van der Waals surface area contributed by atoms with Crippen LogP contribution in [0, 0.1) is 13.8 Å². The number of hydrogen-bond donors (Lipinski definition) is 1. The van der Waals surface area contributed by atoms with E-state index < -0.39 is 0 Å². The van der Waals surface area contributed by atoms with Crippen molar-refractivity contribution in [2.75, 3.05) is 20.1 Å². The minimum Gasteiger partial charge on any atom is -0.357 e. The van der Waals surface area contributed by atoms with Gasteiger partial charge in [-0.05, 0) is 44.9 Å². The van der Waals surface area contributed by atoms with Crippen molar-refractivity contribution in [1.29, 1.82) is 0 Å². The van der Waals surface area contributed by atoms with Crippen LogP contribution in [0.15, 0.2) is 23.3 Å². The lowest BCUT2D eigenvalue weighted by Crippen LogP contribution is -2.39. The highest BCUT2D eigenvalue weighted by Gasteiger charge is 2.10. The highest BCUT2D eigenvalue weighted by atomic mass is 127. The Morgan fingerprint density at radius 3 is 2.56 bits per heavy atom. The van der Waals surface area contributed by atoms with Gasteiger partial charge in [-0.3, -0.25) is 9.67 Å². The molecule has 0 aliphatic heterocycles. The van der Waals surface area contributed by atoms with Crippen molar-refractivity contribution in [2.24, 2.45) is 19.1 Å². The fraction of sp³-hybridized carbons (Fsp3) is 0.556. The average molecular weight is 458 g/mol. The van der Waals surface area contributed by atoms with Gasteiger partial charge in [0.1, 0.15) is 0 Å². The maximum absolute atomic E-state index is 4.80. The molecule has 7 heteroatoms. The van der Waals surface area contributed by atoms with Crippen molar-refractivity contribution in [3.05, 3.63) is 41.0 Å². The van der Waals surface area contributed by atoms with E-state index in [0.29, 0.717) is 0 Å². The minimum atomic E-state index is 0. The Kier molecular flexibility index (Phi) is 8.47. The van der Waals surface area contributed by atoms with Crippen LogP contribution >= 0.6 is 24.0 Å². The maximum atomic E-state index is 4.80. The number of nitrogens with zero attached hydrogens (tertiary/aromatic N) is 5. The molecule has 140 valence electrons. The molecule has 0 fully saturated rings. The highest BCUT2D eigenvalue weighted by Crippen LogP contribution is 2.12. The lowest BCUT2D eigenvalue weighted by Gasteiger charge is -2.22. The van der Waals surface area contributed by atoms with E-state index in [1.807, 2.05) is 11.7 Å². The van der Waals surface area contributed by atoms with Crippen LogP contribution in [0.5, 0.6) is 0 Å². The Balaban J connectivity index is 0.00000312. The lowest BCUT2D eigenvalue weighted by atomic mass is 10.1. The summed E-state index contributed by atoms with van der Waals surface area (Å²) in [5.41, 5.74) is 4.90. The topological polar surface area (TPSA) is 50.4 Å². The minimum absolute atomic E-state index is 0. The van der Waals surface area contributed by atoms with E-state index in [2.05, 4.69) is 73.1 Å². The second-order valence-corrected chi connectivity index (χ2v) is 6.23. The standard InChI is InChI=1S/C18H30N6.HI/c1-7-19-18(23(5)13-16-9-8-12-22(16)4)20-11-10-17-14(2)21-24(6)15(17)3;/h8-9,12H,7,10-11,13H2,1-6H3,(H,19,20);1H. The van der Waals surface area contributed by atoms with Gasteiger partial charge < -0.3 is 14.8 Å². The first-order chi connectivity index (χ1) is 11.4. The van der Waals surface area contributed by atoms with E-state index in [0.717, 1.165) is 37.7 Å². The summed E-state index contributed by atoms with van der Waals surface area (Å²) in [7, 11) is 6.14. The fourth-order valence-electron chi connectivity index (χ4n) is 2.90. The van der Waals surface area contributed by atoms with Crippen LogP contribution in [0.3, 0.4) is 0 Å². The number of aliphatic imine (C=N–C) groups is 1. The lowest BCUT2D eigenvalue weighted by molar-refractivity contribution is 0.462. The van der Waals surface area contributed by atoms with Gasteiger partial charge in [0, 0.05) is 51.8 Å². The van der Waals surface area contributed by atoms with Crippen LogP contribution in [0.1, 0.15) is 29.6 Å². The van der Waals surface area contributed by atoms with Gasteiger partial charge in [-0.15, -0.1) is 24.0 Å². The molecule has 0 spiro atoms. The molecule has 0 aliphatic carbocycles. The third-order valence-electron chi connectivity index (χ3n) is 4.43. The van der Waals surface area contributed by atoms with E-state index >= 15 is 0 Å². The van der Waals surface area contributed by atoms with Crippen LogP contribution < -0.4 is 5.32 Å². The van der Waals surface area contributed by atoms with Crippen LogP contribution in [0.2, 0.25) is 0 Å². The average Bonchev–Trinajstić information content (AvgIpc) is 3.04. The maximum Gasteiger partial charge on any atom is 0.194 e. The summed E-state index contributed by atoms with van der Waals surface area (Å²) < 4.78 is 4.09. The van der Waals surface area contributed by atoms with Gasteiger partial charge in [0.2, 0.25) is 0 Å². The smallest absolute Gasteiger partial charge is 0.194 e. The molecular weight excluding hydrogens is 427 g/mol. The summed E-state index contributed by atoms with van der Waals surface area (Å²) >= 11 is 0. The van der Waals surface area contributed by atoms with Gasteiger partial charge in [-0.2, -0.15) is 5.10 Å². The largest absolute Gasteiger partial charge is 0.357 e. The molecule has 2 rings (SSSR count). The van der Waals surface area contributed by atoms with Crippen LogP contribution in [-0.2, 0) is 27.1 Å². The molecule has 1 N–H and O–H groups in total. The van der Waals surface area contributed by atoms with E-state index in [-0.39, 0.29) is 24.0 Å². The van der Waals surface area contributed by atoms with Gasteiger partial charge in [0.25, 0.3) is 0 Å². The fourth-order valence-corrected chi connectivity index (χ4v) is 2.90. The monoisotopic (exact) mass is 458 g/mol. The van der Waals surface area contributed by atoms with Crippen molar-refractivity contribution >= 4 is 29.9 Å². The highest BCUT2D eigenvalue weighted by molar-refractivity contribution is 14.0. The van der Waals surface area contributed by atoms with E-state index in [1.54, 1.807) is 0 Å². The van der Waals surface area contributed by atoms with Crippen LogP contribution in [0.4, 0.5) is 0 Å². The van der Waals surface area contributed by atoms with Gasteiger partial charge in [0.05, 0.1) is 12.2 Å². The van der Waals surface area contributed by atoms with Crippen molar-refractivity contribution in [2.45, 2.75) is 33.7 Å². The molecule has 0 atom stereocenters. The Morgan fingerprint density at radius 2 is 2.04 bits per heavy atom. The summed E-state index contributed by atoms with van der Waals surface area (Å²) in [6, 6.07) is 4.21. The van der Waals surface area contributed by atoms with Crippen molar-refractivity contribution < 1.29 is 0 Å². The summed E-state index contributed by atoms with van der Waals surface area (Å²) in [4.78, 5) is 6.96. The molecule has 25 heavy (non-hydrogen) atoms. The van der Waals surface area contributed by atoms with Crippen molar-refractivity contribution in [3.63, 3.8) is 0 Å². The summed E-state index contributed by atoms with van der Waals surface area (Å²) in [6.07, 6.45) is 2.99. The number of nitrogens with one attached hydrogen (secondary N) is 1. The predicted molar refractivity (Wildman–Crippen MR) is 115 cm³/mol. The van der Waals surface area contributed by atoms with E-state index in [9.17, 15) is 0 Å². The Morgan fingerprint density at radius 1 is 1.32 bits per heavy atom. The zero-order valence-electron chi connectivity index (χ0n) is 16.2. The molecule has 2 heterocycles. The SMILES string of the molecule is CCNC(=NCCc1c(C)nn(C)c1C)N(C)Cc1cccn1C.I. The number of hydrogen-bond acceptors (Lipinski definition) is 2. The van der Waals surface area contributed by atoms with Crippen LogP contribution in [-0.4, -0.2) is 45.3 Å². The first kappa shape index (κ1) is 21.5. The van der Waals surface area contributed by atoms with Gasteiger partial charge in [-0.25, -0.2) is 0 Å². The third kappa shape index (κ3) is 5.49. The van der Waals surface area contributed by atoms with E-state index in [4.69, 9.17) is 4.99 Å². The zero-order valence-corrected chi connectivity index (χ0v) is 18.5. The van der Waals surface area contributed by atoms with Crippen molar-refractivity contribution in [3.8, 4) is 0 Å².